The number of carbonyl (C=O) groups is 1. The van der Waals surface area contributed by atoms with Crippen LogP contribution in [0.25, 0.3) is 0 Å². The zero-order valence-electron chi connectivity index (χ0n) is 9.90. The van der Waals surface area contributed by atoms with Crippen molar-refractivity contribution >= 4 is 5.78 Å². The molecular weight excluding hydrogens is 204 g/mol. The van der Waals surface area contributed by atoms with E-state index in [2.05, 4.69) is 17.1 Å². The highest BCUT2D eigenvalue weighted by Gasteiger charge is 2.22. The molecule has 0 aromatic carbocycles. The molecule has 0 radical (unpaired) electrons. The number of aromatic nitrogens is 1. The molecule has 88 valence electrons. The SMILES string of the molecule is Cc1cc(CN(C)C2CCC(=O)CC2)no1. The molecule has 1 fully saturated rings. The summed E-state index contributed by atoms with van der Waals surface area (Å²) in [5.41, 5.74) is 0.969. The van der Waals surface area contributed by atoms with Crippen molar-refractivity contribution in [3.8, 4) is 0 Å². The lowest BCUT2D eigenvalue weighted by Crippen LogP contribution is -2.34. The van der Waals surface area contributed by atoms with E-state index in [9.17, 15) is 4.79 Å². The molecule has 0 saturated heterocycles. The molecule has 0 unspecified atom stereocenters. The number of Topliss-reactive ketones (excluding diaryl/α,β-unsaturated/α-hetero) is 1. The monoisotopic (exact) mass is 222 g/mol. The maximum atomic E-state index is 11.1. The fourth-order valence-electron chi connectivity index (χ4n) is 2.24. The predicted octanol–water partition coefficient (Wildman–Crippen LogP) is 1.93. The average molecular weight is 222 g/mol. The first-order chi connectivity index (χ1) is 7.65. The third-order valence-corrected chi connectivity index (χ3v) is 3.22. The Morgan fingerprint density at radius 1 is 1.50 bits per heavy atom. The molecule has 0 aliphatic heterocycles. The second-order valence-corrected chi connectivity index (χ2v) is 4.61. The Morgan fingerprint density at radius 2 is 2.19 bits per heavy atom. The van der Waals surface area contributed by atoms with Crippen LogP contribution in [0.4, 0.5) is 0 Å². The molecule has 16 heavy (non-hydrogen) atoms. The minimum absolute atomic E-state index is 0.405. The van der Waals surface area contributed by atoms with Crippen molar-refractivity contribution in [2.75, 3.05) is 7.05 Å². The molecule has 1 heterocycles. The highest BCUT2D eigenvalue weighted by Crippen LogP contribution is 2.20. The Hall–Kier alpha value is -1.16. The van der Waals surface area contributed by atoms with E-state index in [4.69, 9.17) is 4.52 Å². The first kappa shape index (κ1) is 11.3. The Balaban J connectivity index is 1.88. The minimum Gasteiger partial charge on any atom is -0.361 e. The van der Waals surface area contributed by atoms with Crippen LogP contribution in [0.3, 0.4) is 0 Å². The molecule has 1 aromatic rings. The van der Waals surface area contributed by atoms with Gasteiger partial charge in [0.25, 0.3) is 0 Å². The lowest BCUT2D eigenvalue weighted by molar-refractivity contribution is -0.121. The van der Waals surface area contributed by atoms with E-state index in [0.717, 1.165) is 43.7 Å². The summed E-state index contributed by atoms with van der Waals surface area (Å²) >= 11 is 0. The zero-order valence-corrected chi connectivity index (χ0v) is 9.90. The van der Waals surface area contributed by atoms with Crippen molar-refractivity contribution in [1.29, 1.82) is 0 Å². The summed E-state index contributed by atoms with van der Waals surface area (Å²) in [6.07, 6.45) is 3.41. The summed E-state index contributed by atoms with van der Waals surface area (Å²) in [5, 5.41) is 3.98. The van der Waals surface area contributed by atoms with Crippen molar-refractivity contribution in [3.63, 3.8) is 0 Å². The summed E-state index contributed by atoms with van der Waals surface area (Å²) in [4.78, 5) is 13.4. The summed E-state index contributed by atoms with van der Waals surface area (Å²) in [6.45, 7) is 2.70. The van der Waals surface area contributed by atoms with E-state index in [0.29, 0.717) is 11.8 Å². The molecule has 0 amide bonds. The summed E-state index contributed by atoms with van der Waals surface area (Å²) in [7, 11) is 2.09. The van der Waals surface area contributed by atoms with E-state index in [1.807, 2.05) is 13.0 Å². The van der Waals surface area contributed by atoms with Crippen molar-refractivity contribution in [1.82, 2.24) is 10.1 Å². The van der Waals surface area contributed by atoms with Crippen LogP contribution in [-0.4, -0.2) is 28.9 Å². The van der Waals surface area contributed by atoms with Gasteiger partial charge < -0.3 is 4.52 Å². The van der Waals surface area contributed by atoms with Crippen LogP contribution < -0.4 is 0 Å². The van der Waals surface area contributed by atoms with Gasteiger partial charge in [0.1, 0.15) is 11.5 Å². The van der Waals surface area contributed by atoms with Crippen LogP contribution >= 0.6 is 0 Å². The maximum absolute atomic E-state index is 11.1. The summed E-state index contributed by atoms with van der Waals surface area (Å²) < 4.78 is 5.04. The Bertz CT molecular complexity index is 363. The number of ketones is 1. The number of aryl methyl sites for hydroxylation is 1. The average Bonchev–Trinajstić information content (AvgIpc) is 2.65. The Kier molecular flexibility index (Phi) is 3.39. The number of nitrogens with zero attached hydrogens (tertiary/aromatic N) is 2. The minimum atomic E-state index is 0.405. The molecule has 1 aromatic heterocycles. The van der Waals surface area contributed by atoms with E-state index in [1.165, 1.54) is 0 Å². The van der Waals surface area contributed by atoms with Gasteiger partial charge in [0.2, 0.25) is 0 Å². The van der Waals surface area contributed by atoms with Gasteiger partial charge in [-0.1, -0.05) is 5.16 Å². The third-order valence-electron chi connectivity index (χ3n) is 3.22. The Morgan fingerprint density at radius 3 is 2.75 bits per heavy atom. The van der Waals surface area contributed by atoms with Crippen LogP contribution in [0.5, 0.6) is 0 Å². The normalized spacial score (nSPS) is 18.3. The standard InChI is InChI=1S/C12H18N2O2/c1-9-7-10(13-16-9)8-14(2)11-3-5-12(15)6-4-11/h7,11H,3-6,8H2,1-2H3. The molecule has 1 aliphatic carbocycles. The van der Waals surface area contributed by atoms with Crippen LogP contribution in [0.15, 0.2) is 10.6 Å². The lowest BCUT2D eigenvalue weighted by atomic mass is 9.93. The fraction of sp³-hybridized carbons (Fsp3) is 0.667. The van der Waals surface area contributed by atoms with Crippen molar-refractivity contribution in [3.05, 3.63) is 17.5 Å². The number of hydrogen-bond donors (Lipinski definition) is 0. The van der Waals surface area contributed by atoms with Crippen molar-refractivity contribution in [2.45, 2.75) is 45.2 Å². The van der Waals surface area contributed by atoms with Crippen molar-refractivity contribution < 1.29 is 9.32 Å². The summed E-state index contributed by atoms with van der Waals surface area (Å²) in [6, 6.07) is 2.47. The first-order valence-electron chi connectivity index (χ1n) is 5.79. The molecule has 1 aliphatic rings. The second kappa shape index (κ2) is 4.78. The smallest absolute Gasteiger partial charge is 0.133 e. The van der Waals surface area contributed by atoms with Gasteiger partial charge in [0.05, 0.1) is 5.69 Å². The quantitative estimate of drug-likeness (QED) is 0.784. The van der Waals surface area contributed by atoms with E-state index < -0.39 is 0 Å². The maximum Gasteiger partial charge on any atom is 0.133 e. The number of carbonyl (C=O) groups excluding carboxylic acids is 1. The van der Waals surface area contributed by atoms with Gasteiger partial charge >= 0.3 is 0 Å². The molecule has 4 heteroatoms. The molecule has 0 spiro atoms. The van der Waals surface area contributed by atoms with Gasteiger partial charge in [0.15, 0.2) is 0 Å². The lowest BCUT2D eigenvalue weighted by Gasteiger charge is -2.29. The summed E-state index contributed by atoms with van der Waals surface area (Å²) in [5.74, 6) is 1.25. The molecule has 1 saturated carbocycles. The van der Waals surface area contributed by atoms with E-state index in [-0.39, 0.29) is 0 Å². The van der Waals surface area contributed by atoms with E-state index >= 15 is 0 Å². The van der Waals surface area contributed by atoms with Gasteiger partial charge in [-0.05, 0) is 26.8 Å². The number of hydrogen-bond acceptors (Lipinski definition) is 4. The molecule has 0 atom stereocenters. The fourth-order valence-corrected chi connectivity index (χ4v) is 2.24. The highest BCUT2D eigenvalue weighted by atomic mass is 16.5. The zero-order chi connectivity index (χ0) is 11.5. The largest absolute Gasteiger partial charge is 0.361 e. The van der Waals surface area contributed by atoms with Gasteiger partial charge in [-0.15, -0.1) is 0 Å². The van der Waals surface area contributed by atoms with Gasteiger partial charge in [-0.3, -0.25) is 9.69 Å². The van der Waals surface area contributed by atoms with Crippen molar-refractivity contribution in [2.24, 2.45) is 0 Å². The molecular formula is C12H18N2O2. The third kappa shape index (κ3) is 2.70. The Labute approximate surface area is 95.6 Å². The molecule has 4 nitrogen and oxygen atoms in total. The van der Waals surface area contributed by atoms with Gasteiger partial charge in [-0.2, -0.15) is 0 Å². The number of rotatable bonds is 3. The van der Waals surface area contributed by atoms with Crippen LogP contribution in [0.1, 0.15) is 37.1 Å². The predicted molar refractivity (Wildman–Crippen MR) is 60.0 cm³/mol. The molecule has 0 bridgehead atoms. The van der Waals surface area contributed by atoms with Crippen LogP contribution in [-0.2, 0) is 11.3 Å². The van der Waals surface area contributed by atoms with Gasteiger partial charge in [0, 0.05) is 31.5 Å². The highest BCUT2D eigenvalue weighted by molar-refractivity contribution is 5.79. The molecule has 0 N–H and O–H groups in total. The topological polar surface area (TPSA) is 46.3 Å². The van der Waals surface area contributed by atoms with Gasteiger partial charge in [-0.25, -0.2) is 0 Å². The van der Waals surface area contributed by atoms with Crippen LogP contribution in [0.2, 0.25) is 0 Å². The van der Waals surface area contributed by atoms with E-state index in [1.54, 1.807) is 0 Å². The second-order valence-electron chi connectivity index (χ2n) is 4.61. The van der Waals surface area contributed by atoms with Crippen LogP contribution in [0, 0.1) is 6.92 Å². The molecule has 2 rings (SSSR count). The first-order valence-corrected chi connectivity index (χ1v) is 5.79.